The summed E-state index contributed by atoms with van der Waals surface area (Å²) in [7, 11) is 0. The fourth-order valence-electron chi connectivity index (χ4n) is 1.79. The van der Waals surface area contributed by atoms with Gasteiger partial charge in [0.2, 0.25) is 0 Å². The standard InChI is InChI=1S/C12H15NO2S/c14-11(15)6-12(8-16-9-12)13-7-10-4-2-1-3-5-10/h1-5,13H,6-9H2,(H,14,15). The Morgan fingerprint density at radius 3 is 2.56 bits per heavy atom. The van der Waals surface area contributed by atoms with Crippen molar-refractivity contribution in [3.8, 4) is 0 Å². The monoisotopic (exact) mass is 237 g/mol. The molecule has 2 rings (SSSR count). The van der Waals surface area contributed by atoms with E-state index in [1.165, 1.54) is 5.56 Å². The third-order valence-corrected chi connectivity index (χ3v) is 4.27. The average Bonchev–Trinajstić information content (AvgIpc) is 2.23. The van der Waals surface area contributed by atoms with Crippen molar-refractivity contribution >= 4 is 17.7 Å². The van der Waals surface area contributed by atoms with E-state index in [1.54, 1.807) is 11.8 Å². The number of carbonyl (C=O) groups is 1. The predicted molar refractivity (Wildman–Crippen MR) is 65.6 cm³/mol. The number of rotatable bonds is 5. The van der Waals surface area contributed by atoms with Gasteiger partial charge in [0.15, 0.2) is 0 Å². The Balaban J connectivity index is 1.90. The van der Waals surface area contributed by atoms with E-state index in [2.05, 4.69) is 5.32 Å². The average molecular weight is 237 g/mol. The van der Waals surface area contributed by atoms with Crippen molar-refractivity contribution in [2.24, 2.45) is 0 Å². The molecule has 4 heteroatoms. The lowest BCUT2D eigenvalue weighted by Gasteiger charge is -2.41. The number of benzene rings is 1. The highest BCUT2D eigenvalue weighted by atomic mass is 32.2. The molecule has 1 aliphatic heterocycles. The summed E-state index contributed by atoms with van der Waals surface area (Å²) in [5, 5.41) is 12.2. The maximum Gasteiger partial charge on any atom is 0.305 e. The third kappa shape index (κ3) is 2.77. The van der Waals surface area contributed by atoms with E-state index in [4.69, 9.17) is 5.11 Å². The Kier molecular flexibility index (Phi) is 3.51. The molecule has 3 nitrogen and oxygen atoms in total. The van der Waals surface area contributed by atoms with Crippen LogP contribution in [0.5, 0.6) is 0 Å². The van der Waals surface area contributed by atoms with E-state index in [9.17, 15) is 4.79 Å². The van der Waals surface area contributed by atoms with Gasteiger partial charge >= 0.3 is 5.97 Å². The van der Waals surface area contributed by atoms with Gasteiger partial charge in [0, 0.05) is 23.6 Å². The molecule has 0 bridgehead atoms. The van der Waals surface area contributed by atoms with Crippen molar-refractivity contribution in [3.05, 3.63) is 35.9 Å². The topological polar surface area (TPSA) is 49.3 Å². The Labute approximate surface area is 99.2 Å². The molecule has 86 valence electrons. The lowest BCUT2D eigenvalue weighted by molar-refractivity contribution is -0.138. The second-order valence-electron chi connectivity index (χ2n) is 4.18. The second-order valence-corrected chi connectivity index (χ2v) is 5.17. The zero-order valence-electron chi connectivity index (χ0n) is 8.98. The molecule has 0 spiro atoms. The predicted octanol–water partition coefficient (Wildman–Crippen LogP) is 1.74. The molecule has 1 aromatic rings. The van der Waals surface area contributed by atoms with Gasteiger partial charge in [-0.2, -0.15) is 11.8 Å². The van der Waals surface area contributed by atoms with Gasteiger partial charge in [0.1, 0.15) is 0 Å². The van der Waals surface area contributed by atoms with E-state index >= 15 is 0 Å². The van der Waals surface area contributed by atoms with Crippen LogP contribution in [0.1, 0.15) is 12.0 Å². The van der Waals surface area contributed by atoms with Crippen LogP contribution >= 0.6 is 11.8 Å². The van der Waals surface area contributed by atoms with Crippen LogP contribution in [0.3, 0.4) is 0 Å². The van der Waals surface area contributed by atoms with Crippen molar-refractivity contribution in [1.29, 1.82) is 0 Å². The fraction of sp³-hybridized carbons (Fsp3) is 0.417. The van der Waals surface area contributed by atoms with E-state index in [1.807, 2.05) is 30.3 Å². The summed E-state index contributed by atoms with van der Waals surface area (Å²) in [5.41, 5.74) is 1.01. The number of thioether (sulfide) groups is 1. The Hall–Kier alpha value is -1.00. The fourth-order valence-corrected chi connectivity index (χ4v) is 2.90. The maximum atomic E-state index is 10.8. The molecule has 0 radical (unpaired) electrons. The minimum Gasteiger partial charge on any atom is -0.481 e. The highest BCUT2D eigenvalue weighted by Gasteiger charge is 2.39. The molecular formula is C12H15NO2S. The highest BCUT2D eigenvalue weighted by Crippen LogP contribution is 2.32. The molecule has 0 saturated carbocycles. The van der Waals surface area contributed by atoms with Crippen molar-refractivity contribution in [2.45, 2.75) is 18.5 Å². The number of carboxylic acids is 1. The summed E-state index contributed by atoms with van der Waals surface area (Å²) in [6.07, 6.45) is 0.215. The minimum atomic E-state index is -0.721. The van der Waals surface area contributed by atoms with E-state index in [0.717, 1.165) is 18.1 Å². The van der Waals surface area contributed by atoms with Crippen LogP contribution in [-0.2, 0) is 11.3 Å². The second kappa shape index (κ2) is 4.89. The summed E-state index contributed by atoms with van der Waals surface area (Å²) in [4.78, 5) is 10.8. The molecule has 0 amide bonds. The molecule has 1 aliphatic rings. The number of carboxylic acid groups (broad SMARTS) is 1. The Morgan fingerprint density at radius 2 is 2.06 bits per heavy atom. The zero-order chi connectivity index (χ0) is 11.4. The van der Waals surface area contributed by atoms with E-state index in [0.29, 0.717) is 0 Å². The van der Waals surface area contributed by atoms with Crippen molar-refractivity contribution < 1.29 is 9.90 Å². The summed E-state index contributed by atoms with van der Waals surface area (Å²) in [5.74, 6) is 1.07. The van der Waals surface area contributed by atoms with Gasteiger partial charge in [-0.05, 0) is 5.56 Å². The Bertz CT molecular complexity index is 363. The molecule has 1 fully saturated rings. The van der Waals surface area contributed by atoms with Crippen LogP contribution in [0, 0.1) is 0 Å². The van der Waals surface area contributed by atoms with Gasteiger partial charge in [-0.3, -0.25) is 4.79 Å². The highest BCUT2D eigenvalue weighted by molar-refractivity contribution is 8.00. The molecular weight excluding hydrogens is 222 g/mol. The zero-order valence-corrected chi connectivity index (χ0v) is 9.80. The normalized spacial score (nSPS) is 17.8. The SMILES string of the molecule is O=C(O)CC1(NCc2ccccc2)CSC1. The van der Waals surface area contributed by atoms with Crippen molar-refractivity contribution in [2.75, 3.05) is 11.5 Å². The summed E-state index contributed by atoms with van der Waals surface area (Å²) in [6.45, 7) is 0.745. The van der Waals surface area contributed by atoms with Crippen LogP contribution in [0.2, 0.25) is 0 Å². The molecule has 0 unspecified atom stereocenters. The van der Waals surface area contributed by atoms with Crippen LogP contribution in [-0.4, -0.2) is 28.1 Å². The first-order chi connectivity index (χ1) is 7.70. The first-order valence-corrected chi connectivity index (χ1v) is 6.44. The number of hydrogen-bond donors (Lipinski definition) is 2. The van der Waals surface area contributed by atoms with Crippen molar-refractivity contribution in [1.82, 2.24) is 5.32 Å². The van der Waals surface area contributed by atoms with E-state index < -0.39 is 5.97 Å². The van der Waals surface area contributed by atoms with Gasteiger partial charge in [0.05, 0.1) is 6.42 Å². The molecule has 16 heavy (non-hydrogen) atoms. The number of hydrogen-bond acceptors (Lipinski definition) is 3. The number of aliphatic carboxylic acids is 1. The number of nitrogens with one attached hydrogen (secondary N) is 1. The van der Waals surface area contributed by atoms with Gasteiger partial charge < -0.3 is 10.4 Å². The van der Waals surface area contributed by atoms with Crippen LogP contribution in [0.15, 0.2) is 30.3 Å². The van der Waals surface area contributed by atoms with Gasteiger partial charge in [-0.1, -0.05) is 30.3 Å². The summed E-state index contributed by atoms with van der Waals surface area (Å²) >= 11 is 1.80. The Morgan fingerprint density at radius 1 is 1.38 bits per heavy atom. The van der Waals surface area contributed by atoms with Crippen LogP contribution in [0.25, 0.3) is 0 Å². The molecule has 1 saturated heterocycles. The van der Waals surface area contributed by atoms with Crippen LogP contribution in [0.4, 0.5) is 0 Å². The summed E-state index contributed by atoms with van der Waals surface area (Å²) < 4.78 is 0. The van der Waals surface area contributed by atoms with Gasteiger partial charge in [0.25, 0.3) is 0 Å². The van der Waals surface area contributed by atoms with Gasteiger partial charge in [-0.15, -0.1) is 0 Å². The largest absolute Gasteiger partial charge is 0.481 e. The molecule has 1 aromatic carbocycles. The smallest absolute Gasteiger partial charge is 0.305 e. The maximum absolute atomic E-state index is 10.8. The molecule has 2 N–H and O–H groups in total. The van der Waals surface area contributed by atoms with Crippen LogP contribution < -0.4 is 5.32 Å². The molecule has 1 heterocycles. The minimum absolute atomic E-state index is 0.188. The lowest BCUT2D eigenvalue weighted by Crippen LogP contribution is -2.56. The van der Waals surface area contributed by atoms with Crippen molar-refractivity contribution in [3.63, 3.8) is 0 Å². The first kappa shape index (κ1) is 11.5. The first-order valence-electron chi connectivity index (χ1n) is 5.29. The third-order valence-electron chi connectivity index (χ3n) is 2.76. The van der Waals surface area contributed by atoms with E-state index in [-0.39, 0.29) is 12.0 Å². The van der Waals surface area contributed by atoms with Gasteiger partial charge in [-0.25, -0.2) is 0 Å². The summed E-state index contributed by atoms with van der Waals surface area (Å²) in [6, 6.07) is 10.1. The molecule has 0 aliphatic carbocycles. The lowest BCUT2D eigenvalue weighted by atomic mass is 9.98. The quantitative estimate of drug-likeness (QED) is 0.819. The molecule has 0 atom stereocenters. The molecule has 0 aromatic heterocycles.